The molecule has 1 fully saturated rings. The maximum absolute atomic E-state index is 12.7. The Balaban J connectivity index is 1.51. The number of hydrogen-bond donors (Lipinski definition) is 1. The number of nitrogens with zero attached hydrogens (tertiary/aromatic N) is 2. The van der Waals surface area contributed by atoms with Crippen LogP contribution in [0.3, 0.4) is 0 Å². The Kier molecular flexibility index (Phi) is 6.26. The summed E-state index contributed by atoms with van der Waals surface area (Å²) in [7, 11) is 0. The summed E-state index contributed by atoms with van der Waals surface area (Å²) in [6.07, 6.45) is 4.35. The summed E-state index contributed by atoms with van der Waals surface area (Å²) in [6.45, 7) is 1.61. The van der Waals surface area contributed by atoms with Gasteiger partial charge in [0.25, 0.3) is 11.6 Å². The van der Waals surface area contributed by atoms with Crippen molar-refractivity contribution in [2.45, 2.75) is 25.7 Å². The first-order chi connectivity index (χ1) is 15.1. The van der Waals surface area contributed by atoms with E-state index in [1.165, 1.54) is 6.07 Å². The number of benzene rings is 3. The van der Waals surface area contributed by atoms with Gasteiger partial charge in [0.05, 0.1) is 4.92 Å². The van der Waals surface area contributed by atoms with E-state index < -0.39 is 4.92 Å². The summed E-state index contributed by atoms with van der Waals surface area (Å²) >= 11 is 0. The molecule has 0 unspecified atom stereocenters. The lowest BCUT2D eigenvalue weighted by Gasteiger charge is -2.22. The third-order valence-electron chi connectivity index (χ3n) is 5.63. The molecule has 3 aromatic carbocycles. The third kappa shape index (κ3) is 4.91. The summed E-state index contributed by atoms with van der Waals surface area (Å²) in [5.41, 5.74) is 3.64. The number of nitro groups is 1. The van der Waals surface area contributed by atoms with E-state index in [1.807, 2.05) is 54.6 Å². The van der Waals surface area contributed by atoms with E-state index in [1.54, 1.807) is 12.1 Å². The minimum atomic E-state index is -0.397. The monoisotopic (exact) mass is 415 g/mol. The van der Waals surface area contributed by atoms with Gasteiger partial charge in [-0.2, -0.15) is 0 Å². The number of nitrogens with one attached hydrogen (secondary N) is 1. The van der Waals surface area contributed by atoms with Crippen LogP contribution in [0.15, 0.2) is 72.8 Å². The Morgan fingerprint density at radius 3 is 2.13 bits per heavy atom. The molecule has 1 heterocycles. The Labute approximate surface area is 181 Å². The number of rotatable bonds is 5. The molecule has 1 N–H and O–H groups in total. The Bertz CT molecular complexity index is 1060. The second kappa shape index (κ2) is 9.43. The summed E-state index contributed by atoms with van der Waals surface area (Å²) in [5, 5.41) is 14.5. The van der Waals surface area contributed by atoms with E-state index in [2.05, 4.69) is 10.2 Å². The molecule has 0 aromatic heterocycles. The largest absolute Gasteiger partial charge is 0.366 e. The quantitative estimate of drug-likeness (QED) is 0.416. The zero-order valence-corrected chi connectivity index (χ0v) is 17.3. The van der Waals surface area contributed by atoms with Crippen molar-refractivity contribution in [3.8, 4) is 11.1 Å². The molecule has 158 valence electrons. The maximum atomic E-state index is 12.7. The molecule has 4 rings (SSSR count). The molecule has 1 amide bonds. The molecule has 1 aliphatic rings. The Morgan fingerprint density at radius 1 is 0.839 bits per heavy atom. The van der Waals surface area contributed by atoms with E-state index in [0.717, 1.165) is 49.9 Å². The molecule has 0 atom stereocenters. The van der Waals surface area contributed by atoms with Crippen molar-refractivity contribution in [3.05, 3.63) is 88.5 Å². The number of carbonyl (C=O) groups excluding carboxylic acids is 1. The molecule has 3 aromatic rings. The van der Waals surface area contributed by atoms with Gasteiger partial charge in [-0.25, -0.2) is 0 Å². The molecule has 0 spiro atoms. The standard InChI is InChI=1S/C25H25N3O3/c29-25(26-22-13-10-20(11-14-22)19-8-4-3-5-9-19)21-12-15-23(24(18-21)28(30)31)27-16-6-1-2-7-17-27/h3-5,8-15,18H,1-2,6-7,16-17H2,(H,26,29). The van der Waals surface area contributed by atoms with Gasteiger partial charge in [-0.3, -0.25) is 14.9 Å². The number of carbonyl (C=O) groups is 1. The van der Waals surface area contributed by atoms with Gasteiger partial charge >= 0.3 is 0 Å². The van der Waals surface area contributed by atoms with Crippen LogP contribution in [-0.2, 0) is 0 Å². The number of amides is 1. The lowest BCUT2D eigenvalue weighted by Crippen LogP contribution is -2.25. The van der Waals surface area contributed by atoms with Gasteiger partial charge in [-0.15, -0.1) is 0 Å². The third-order valence-corrected chi connectivity index (χ3v) is 5.63. The van der Waals surface area contributed by atoms with Crippen LogP contribution < -0.4 is 10.2 Å². The highest BCUT2D eigenvalue weighted by Crippen LogP contribution is 2.31. The van der Waals surface area contributed by atoms with Crippen molar-refractivity contribution in [1.82, 2.24) is 0 Å². The van der Waals surface area contributed by atoms with Gasteiger partial charge in [0.1, 0.15) is 5.69 Å². The van der Waals surface area contributed by atoms with Crippen molar-refractivity contribution < 1.29 is 9.72 Å². The SMILES string of the molecule is O=C(Nc1ccc(-c2ccccc2)cc1)c1ccc(N2CCCCCC2)c([N+](=O)[O-])c1. The molecule has 0 aliphatic carbocycles. The first-order valence-corrected chi connectivity index (χ1v) is 10.6. The first-order valence-electron chi connectivity index (χ1n) is 10.6. The number of nitro benzene ring substituents is 1. The predicted molar refractivity (Wildman–Crippen MR) is 124 cm³/mol. The molecule has 0 bridgehead atoms. The van der Waals surface area contributed by atoms with Crippen LogP contribution in [0.5, 0.6) is 0 Å². The van der Waals surface area contributed by atoms with Gasteiger partial charge in [-0.1, -0.05) is 55.3 Å². The zero-order valence-electron chi connectivity index (χ0n) is 17.3. The highest BCUT2D eigenvalue weighted by atomic mass is 16.6. The molecular weight excluding hydrogens is 390 g/mol. The molecule has 1 saturated heterocycles. The van der Waals surface area contributed by atoms with E-state index in [9.17, 15) is 14.9 Å². The van der Waals surface area contributed by atoms with E-state index in [0.29, 0.717) is 11.4 Å². The highest BCUT2D eigenvalue weighted by Gasteiger charge is 2.22. The van der Waals surface area contributed by atoms with E-state index in [-0.39, 0.29) is 17.2 Å². The predicted octanol–water partition coefficient (Wildman–Crippen LogP) is 5.89. The number of hydrogen-bond acceptors (Lipinski definition) is 4. The lowest BCUT2D eigenvalue weighted by atomic mass is 10.1. The zero-order chi connectivity index (χ0) is 21.6. The van der Waals surface area contributed by atoms with Crippen LogP contribution in [0.2, 0.25) is 0 Å². The van der Waals surface area contributed by atoms with E-state index in [4.69, 9.17) is 0 Å². The van der Waals surface area contributed by atoms with Crippen LogP contribution in [0.25, 0.3) is 11.1 Å². The molecule has 0 radical (unpaired) electrons. The fraction of sp³-hybridized carbons (Fsp3) is 0.240. The smallest absolute Gasteiger partial charge is 0.293 e. The summed E-state index contributed by atoms with van der Waals surface area (Å²) in [6, 6.07) is 22.3. The normalized spacial score (nSPS) is 14.0. The van der Waals surface area contributed by atoms with Crippen LogP contribution in [0.1, 0.15) is 36.0 Å². The minimum absolute atomic E-state index is 0.0195. The van der Waals surface area contributed by atoms with Crippen LogP contribution in [0.4, 0.5) is 17.1 Å². The second-order valence-electron chi connectivity index (χ2n) is 7.76. The van der Waals surface area contributed by atoms with Gasteiger partial charge in [0.2, 0.25) is 0 Å². The number of anilines is 2. The van der Waals surface area contributed by atoms with Crippen molar-refractivity contribution >= 4 is 23.0 Å². The van der Waals surface area contributed by atoms with Crippen LogP contribution in [-0.4, -0.2) is 23.9 Å². The topological polar surface area (TPSA) is 75.5 Å². The van der Waals surface area contributed by atoms with Gasteiger partial charge in [0.15, 0.2) is 0 Å². The highest BCUT2D eigenvalue weighted by molar-refractivity contribution is 6.05. The van der Waals surface area contributed by atoms with Crippen LogP contribution in [0, 0.1) is 10.1 Å². The van der Waals surface area contributed by atoms with Crippen molar-refractivity contribution in [2.75, 3.05) is 23.3 Å². The average Bonchev–Trinajstić information content (AvgIpc) is 3.09. The van der Waals surface area contributed by atoms with Gasteiger partial charge in [-0.05, 0) is 48.2 Å². The molecule has 6 nitrogen and oxygen atoms in total. The second-order valence-corrected chi connectivity index (χ2v) is 7.76. The average molecular weight is 415 g/mol. The fourth-order valence-corrected chi connectivity index (χ4v) is 3.97. The Morgan fingerprint density at radius 2 is 1.48 bits per heavy atom. The molecule has 1 aliphatic heterocycles. The fourth-order valence-electron chi connectivity index (χ4n) is 3.97. The molecule has 0 saturated carbocycles. The molecule has 31 heavy (non-hydrogen) atoms. The molecular formula is C25H25N3O3. The summed E-state index contributed by atoms with van der Waals surface area (Å²) in [4.78, 5) is 26.1. The van der Waals surface area contributed by atoms with Crippen molar-refractivity contribution in [2.24, 2.45) is 0 Å². The Hall–Kier alpha value is -3.67. The summed E-state index contributed by atoms with van der Waals surface area (Å²) < 4.78 is 0. The van der Waals surface area contributed by atoms with Crippen molar-refractivity contribution in [1.29, 1.82) is 0 Å². The summed E-state index contributed by atoms with van der Waals surface area (Å²) in [5.74, 6) is -0.363. The molecule has 6 heteroatoms. The van der Waals surface area contributed by atoms with E-state index >= 15 is 0 Å². The van der Waals surface area contributed by atoms with Gasteiger partial charge in [0, 0.05) is 30.4 Å². The van der Waals surface area contributed by atoms with Crippen LogP contribution >= 0.6 is 0 Å². The van der Waals surface area contributed by atoms with Crippen molar-refractivity contribution in [3.63, 3.8) is 0 Å². The van der Waals surface area contributed by atoms with Gasteiger partial charge < -0.3 is 10.2 Å². The minimum Gasteiger partial charge on any atom is -0.366 e. The first kappa shape index (κ1) is 20.6. The maximum Gasteiger partial charge on any atom is 0.293 e. The lowest BCUT2D eigenvalue weighted by molar-refractivity contribution is -0.384.